The molecule has 2 heterocycles. The molecule has 4 rings (SSSR count). The van der Waals surface area contributed by atoms with Crippen LogP contribution < -0.4 is 10.6 Å². The van der Waals surface area contributed by atoms with Crippen molar-refractivity contribution < 1.29 is 4.79 Å². The summed E-state index contributed by atoms with van der Waals surface area (Å²) < 4.78 is 1.05. The molecule has 0 saturated carbocycles. The zero-order chi connectivity index (χ0) is 17.4. The van der Waals surface area contributed by atoms with Gasteiger partial charge in [-0.25, -0.2) is 0 Å². The van der Waals surface area contributed by atoms with Crippen LogP contribution >= 0.6 is 15.9 Å². The number of para-hydroxylation sites is 1. The summed E-state index contributed by atoms with van der Waals surface area (Å²) in [5, 5.41) is 7.68. The number of fused-ring (bicyclic) bond motifs is 3. The van der Waals surface area contributed by atoms with E-state index in [-0.39, 0.29) is 18.0 Å². The van der Waals surface area contributed by atoms with Crippen LogP contribution in [0.1, 0.15) is 29.8 Å². The molecule has 25 heavy (non-hydrogen) atoms. The van der Waals surface area contributed by atoms with Crippen molar-refractivity contribution in [2.24, 2.45) is 0 Å². The molecule has 3 N–H and O–H groups in total. The van der Waals surface area contributed by atoms with Gasteiger partial charge in [-0.05, 0) is 42.7 Å². The van der Waals surface area contributed by atoms with Crippen molar-refractivity contribution in [2.45, 2.75) is 25.4 Å². The van der Waals surface area contributed by atoms with Gasteiger partial charge in [0.1, 0.15) is 0 Å². The van der Waals surface area contributed by atoms with Crippen LogP contribution in [0.2, 0.25) is 0 Å². The number of halogens is 1. The van der Waals surface area contributed by atoms with Gasteiger partial charge in [-0.2, -0.15) is 0 Å². The highest BCUT2D eigenvalue weighted by molar-refractivity contribution is 9.10. The molecule has 0 bridgehead atoms. The standard InChI is InChI=1S/C20H20BrN3O/c1-2-22-20(25)17-11-15-14-5-3-4-6-16(14)23-19(15)18(24-17)12-7-9-13(21)10-8-12/h3-10,17-18,23-24H,2,11H2,1H3,(H,22,25)/t17-,18?/m0/s1. The van der Waals surface area contributed by atoms with E-state index < -0.39 is 0 Å². The summed E-state index contributed by atoms with van der Waals surface area (Å²) in [4.78, 5) is 16.1. The Bertz CT molecular complexity index is 916. The summed E-state index contributed by atoms with van der Waals surface area (Å²) in [6.07, 6.45) is 0.693. The minimum atomic E-state index is -0.236. The van der Waals surface area contributed by atoms with E-state index in [0.717, 1.165) is 21.2 Å². The van der Waals surface area contributed by atoms with Gasteiger partial charge in [-0.15, -0.1) is 0 Å². The number of H-pyrrole nitrogens is 1. The summed E-state index contributed by atoms with van der Waals surface area (Å²) in [7, 11) is 0. The third-order valence-electron chi connectivity index (χ3n) is 4.78. The summed E-state index contributed by atoms with van der Waals surface area (Å²) in [6, 6.07) is 16.3. The van der Waals surface area contributed by atoms with Crippen LogP contribution in [0.25, 0.3) is 10.9 Å². The maximum Gasteiger partial charge on any atom is 0.237 e. The number of hydrogen-bond donors (Lipinski definition) is 3. The molecule has 128 valence electrons. The van der Waals surface area contributed by atoms with E-state index in [9.17, 15) is 4.79 Å². The van der Waals surface area contributed by atoms with Gasteiger partial charge in [0.05, 0.1) is 12.1 Å². The van der Waals surface area contributed by atoms with E-state index in [1.54, 1.807) is 0 Å². The molecular weight excluding hydrogens is 378 g/mol. The van der Waals surface area contributed by atoms with Gasteiger partial charge < -0.3 is 10.3 Å². The second kappa shape index (κ2) is 6.65. The summed E-state index contributed by atoms with van der Waals surface area (Å²) in [6.45, 7) is 2.59. The lowest BCUT2D eigenvalue weighted by Gasteiger charge is -2.31. The fourth-order valence-corrected chi connectivity index (χ4v) is 3.88. The van der Waals surface area contributed by atoms with Gasteiger partial charge in [-0.3, -0.25) is 10.1 Å². The monoisotopic (exact) mass is 397 g/mol. The van der Waals surface area contributed by atoms with E-state index in [1.807, 2.05) is 31.2 Å². The second-order valence-electron chi connectivity index (χ2n) is 6.37. The molecule has 2 atom stereocenters. The SMILES string of the molecule is CCNC(=O)[C@@H]1Cc2c([nH]c3ccccc23)C(c2ccc(Br)cc2)N1. The van der Waals surface area contributed by atoms with E-state index in [2.05, 4.69) is 55.8 Å². The first-order valence-corrected chi connectivity index (χ1v) is 9.35. The highest BCUT2D eigenvalue weighted by Crippen LogP contribution is 2.35. The molecule has 1 aliphatic rings. The van der Waals surface area contributed by atoms with Crippen molar-refractivity contribution in [2.75, 3.05) is 6.54 Å². The maximum atomic E-state index is 12.5. The number of aromatic nitrogens is 1. The Hall–Kier alpha value is -2.11. The van der Waals surface area contributed by atoms with Gasteiger partial charge in [0.15, 0.2) is 0 Å². The van der Waals surface area contributed by atoms with Crippen LogP contribution in [0.5, 0.6) is 0 Å². The van der Waals surface area contributed by atoms with E-state index in [1.165, 1.54) is 10.9 Å². The molecule has 0 aliphatic carbocycles. The van der Waals surface area contributed by atoms with Crippen molar-refractivity contribution >= 4 is 32.7 Å². The average Bonchev–Trinajstić information content (AvgIpc) is 3.00. The van der Waals surface area contributed by atoms with Crippen LogP contribution in [-0.4, -0.2) is 23.5 Å². The van der Waals surface area contributed by atoms with Crippen molar-refractivity contribution in [1.82, 2.24) is 15.6 Å². The summed E-state index contributed by atoms with van der Waals surface area (Å²) >= 11 is 3.49. The Kier molecular flexibility index (Phi) is 4.36. The molecule has 0 spiro atoms. The van der Waals surface area contributed by atoms with Crippen molar-refractivity contribution in [3.8, 4) is 0 Å². The highest BCUT2D eigenvalue weighted by Gasteiger charge is 2.33. The van der Waals surface area contributed by atoms with Crippen molar-refractivity contribution in [3.05, 3.63) is 69.8 Å². The molecule has 4 nitrogen and oxygen atoms in total. The van der Waals surface area contributed by atoms with Gasteiger partial charge in [-0.1, -0.05) is 46.3 Å². The number of amides is 1. The van der Waals surface area contributed by atoms with Gasteiger partial charge in [0, 0.05) is 27.6 Å². The molecule has 5 heteroatoms. The Balaban J connectivity index is 1.82. The Labute approximate surface area is 155 Å². The molecule has 1 aromatic heterocycles. The van der Waals surface area contributed by atoms with Crippen LogP contribution in [0.4, 0.5) is 0 Å². The van der Waals surface area contributed by atoms with Crippen molar-refractivity contribution in [1.29, 1.82) is 0 Å². The molecule has 1 amide bonds. The molecule has 3 aromatic rings. The Morgan fingerprint density at radius 2 is 1.96 bits per heavy atom. The lowest BCUT2D eigenvalue weighted by Crippen LogP contribution is -2.49. The van der Waals surface area contributed by atoms with Crippen LogP contribution in [0, 0.1) is 0 Å². The Morgan fingerprint density at radius 1 is 1.20 bits per heavy atom. The maximum absolute atomic E-state index is 12.5. The van der Waals surface area contributed by atoms with Gasteiger partial charge in [0.25, 0.3) is 0 Å². The molecule has 0 saturated heterocycles. The number of aromatic amines is 1. The quantitative estimate of drug-likeness (QED) is 0.631. The number of benzene rings is 2. The zero-order valence-corrected chi connectivity index (χ0v) is 15.6. The highest BCUT2D eigenvalue weighted by atomic mass is 79.9. The topological polar surface area (TPSA) is 56.9 Å². The largest absolute Gasteiger partial charge is 0.357 e. The number of nitrogens with one attached hydrogen (secondary N) is 3. The minimum absolute atomic E-state index is 0.0307. The number of carbonyl (C=O) groups is 1. The minimum Gasteiger partial charge on any atom is -0.357 e. The average molecular weight is 398 g/mol. The van der Waals surface area contributed by atoms with Crippen LogP contribution in [-0.2, 0) is 11.2 Å². The first-order chi connectivity index (χ1) is 12.2. The first kappa shape index (κ1) is 16.4. The smallest absolute Gasteiger partial charge is 0.237 e. The predicted molar refractivity (Wildman–Crippen MR) is 104 cm³/mol. The van der Waals surface area contributed by atoms with Gasteiger partial charge >= 0.3 is 0 Å². The van der Waals surface area contributed by atoms with Crippen LogP contribution in [0.15, 0.2) is 53.0 Å². The number of likely N-dealkylation sites (N-methyl/N-ethyl adjacent to an activating group) is 1. The molecule has 1 aliphatic heterocycles. The third kappa shape index (κ3) is 2.98. The second-order valence-corrected chi connectivity index (χ2v) is 7.28. The lowest BCUT2D eigenvalue weighted by molar-refractivity contribution is -0.123. The molecule has 0 radical (unpaired) electrons. The predicted octanol–water partition coefficient (Wildman–Crippen LogP) is 3.67. The van der Waals surface area contributed by atoms with Crippen LogP contribution in [0.3, 0.4) is 0 Å². The number of hydrogen-bond acceptors (Lipinski definition) is 2. The van der Waals surface area contributed by atoms with E-state index in [4.69, 9.17) is 0 Å². The number of carbonyl (C=O) groups excluding carboxylic acids is 1. The molecule has 1 unspecified atom stereocenters. The lowest BCUT2D eigenvalue weighted by atomic mass is 9.90. The molecule has 0 fully saturated rings. The summed E-state index contributed by atoms with van der Waals surface area (Å²) in [5.41, 5.74) is 4.65. The third-order valence-corrected chi connectivity index (χ3v) is 5.31. The fourth-order valence-electron chi connectivity index (χ4n) is 3.62. The normalized spacial score (nSPS) is 19.6. The number of rotatable bonds is 3. The molecule has 2 aromatic carbocycles. The zero-order valence-electron chi connectivity index (χ0n) is 14.0. The molecular formula is C20H20BrN3O. The van der Waals surface area contributed by atoms with Crippen molar-refractivity contribution in [3.63, 3.8) is 0 Å². The Morgan fingerprint density at radius 3 is 2.72 bits per heavy atom. The van der Waals surface area contributed by atoms with E-state index in [0.29, 0.717) is 13.0 Å². The fraction of sp³-hybridized carbons (Fsp3) is 0.250. The van der Waals surface area contributed by atoms with Gasteiger partial charge in [0.2, 0.25) is 5.91 Å². The van der Waals surface area contributed by atoms with E-state index >= 15 is 0 Å². The first-order valence-electron chi connectivity index (χ1n) is 8.56. The summed E-state index contributed by atoms with van der Waals surface area (Å²) in [5.74, 6) is 0.0561.